The molecule has 0 bridgehead atoms. The van der Waals surface area contributed by atoms with Crippen molar-refractivity contribution in [3.05, 3.63) is 12.3 Å². The molecule has 0 rings (SSSR count). The van der Waals surface area contributed by atoms with Crippen molar-refractivity contribution in [1.29, 1.82) is 0 Å². The van der Waals surface area contributed by atoms with Gasteiger partial charge in [-0.3, -0.25) is 4.79 Å². The topological polar surface area (TPSA) is 26.3 Å². The Labute approximate surface area is 49.1 Å². The van der Waals surface area contributed by atoms with Crippen LogP contribution >= 0.6 is 0 Å². The molecule has 8 heavy (non-hydrogen) atoms. The van der Waals surface area contributed by atoms with Crippen molar-refractivity contribution in [2.45, 2.75) is 13.8 Å². The van der Waals surface area contributed by atoms with Gasteiger partial charge in [-0.15, -0.1) is 0 Å². The predicted molar refractivity (Wildman–Crippen MR) is 31.1 cm³/mol. The molecule has 0 saturated carbocycles. The van der Waals surface area contributed by atoms with E-state index in [0.717, 1.165) is 0 Å². The maximum absolute atomic E-state index is 9.51. The Morgan fingerprint density at radius 2 is 2.12 bits per heavy atom. The largest absolute Gasteiger partial charge is 0.437 e. The molecule has 0 N–H and O–H groups in total. The van der Waals surface area contributed by atoms with E-state index in [9.17, 15) is 4.79 Å². The minimum atomic E-state index is 0.402. The normalized spacial score (nSPS) is 10.4. The average Bonchev–Trinajstić information content (AvgIpc) is 1.66. The molecule has 0 atom stereocenters. The molecule has 0 heterocycles. The Balaban J connectivity index is 3.19. The summed E-state index contributed by atoms with van der Waals surface area (Å²) in [7, 11) is 0. The van der Waals surface area contributed by atoms with Gasteiger partial charge in [0, 0.05) is 0 Å². The first kappa shape index (κ1) is 7.21. The van der Waals surface area contributed by atoms with Gasteiger partial charge in [-0.1, -0.05) is 13.8 Å². The molecule has 0 aliphatic rings. The van der Waals surface area contributed by atoms with E-state index in [1.54, 1.807) is 6.08 Å². The number of hydrogen-bond donors (Lipinski definition) is 0. The van der Waals surface area contributed by atoms with Gasteiger partial charge in [-0.2, -0.15) is 0 Å². The van der Waals surface area contributed by atoms with Crippen LogP contribution in [-0.4, -0.2) is 6.47 Å². The second-order valence-corrected chi connectivity index (χ2v) is 1.80. The first-order chi connectivity index (χ1) is 3.77. The van der Waals surface area contributed by atoms with Gasteiger partial charge in [0.1, 0.15) is 0 Å². The fraction of sp³-hybridized carbons (Fsp3) is 0.500. The number of rotatable bonds is 3. The first-order valence-electron chi connectivity index (χ1n) is 2.53. The van der Waals surface area contributed by atoms with Crippen LogP contribution in [0.2, 0.25) is 0 Å². The third kappa shape index (κ3) is 5.21. The van der Waals surface area contributed by atoms with Gasteiger partial charge < -0.3 is 4.74 Å². The molecule has 0 aliphatic heterocycles. The van der Waals surface area contributed by atoms with Crippen LogP contribution in [0.25, 0.3) is 0 Å². The molecule has 2 nitrogen and oxygen atoms in total. The van der Waals surface area contributed by atoms with Gasteiger partial charge in [0.15, 0.2) is 0 Å². The fourth-order valence-corrected chi connectivity index (χ4v) is 0.235. The van der Waals surface area contributed by atoms with Gasteiger partial charge in [-0.25, -0.2) is 0 Å². The molecule has 46 valence electrons. The molecular weight excluding hydrogens is 104 g/mol. The van der Waals surface area contributed by atoms with Crippen molar-refractivity contribution < 1.29 is 9.53 Å². The summed E-state index contributed by atoms with van der Waals surface area (Å²) >= 11 is 0. The summed E-state index contributed by atoms with van der Waals surface area (Å²) in [4.78, 5) is 9.51. The fourth-order valence-electron chi connectivity index (χ4n) is 0.235. The maximum Gasteiger partial charge on any atom is 0.297 e. The van der Waals surface area contributed by atoms with Gasteiger partial charge >= 0.3 is 0 Å². The van der Waals surface area contributed by atoms with E-state index in [4.69, 9.17) is 0 Å². The summed E-state index contributed by atoms with van der Waals surface area (Å²) in [6.45, 7) is 4.41. The molecule has 0 aromatic rings. The predicted octanol–water partition coefficient (Wildman–Crippen LogP) is 1.33. The second kappa shape index (κ2) is 4.37. The van der Waals surface area contributed by atoms with Crippen LogP contribution in [0.1, 0.15) is 13.8 Å². The highest BCUT2D eigenvalue weighted by atomic mass is 16.5. The van der Waals surface area contributed by atoms with E-state index in [1.165, 1.54) is 6.26 Å². The van der Waals surface area contributed by atoms with Gasteiger partial charge in [-0.05, 0) is 12.0 Å². The standard InChI is InChI=1S/C6H10O2/c1-6(2)3-4-8-5-7/h3-6H,1-2H3/b4-3-. The monoisotopic (exact) mass is 114 g/mol. The Hall–Kier alpha value is -0.790. The van der Waals surface area contributed by atoms with Crippen LogP contribution < -0.4 is 0 Å². The van der Waals surface area contributed by atoms with E-state index in [1.807, 2.05) is 13.8 Å². The zero-order valence-electron chi connectivity index (χ0n) is 5.13. The molecular formula is C6H10O2. The number of carbonyl (C=O) groups excluding carboxylic acids is 1. The Morgan fingerprint density at radius 1 is 1.50 bits per heavy atom. The molecule has 0 amide bonds. The Bertz CT molecular complexity index is 84.5. The van der Waals surface area contributed by atoms with Crippen molar-refractivity contribution in [2.24, 2.45) is 5.92 Å². The summed E-state index contributed by atoms with van der Waals surface area (Å²) in [5.41, 5.74) is 0. The summed E-state index contributed by atoms with van der Waals surface area (Å²) in [5, 5.41) is 0. The molecule has 0 unspecified atom stereocenters. The molecule has 0 aliphatic carbocycles. The highest BCUT2D eigenvalue weighted by Crippen LogP contribution is 1.91. The van der Waals surface area contributed by atoms with Crippen LogP contribution in [0.5, 0.6) is 0 Å². The van der Waals surface area contributed by atoms with Crippen molar-refractivity contribution in [3.8, 4) is 0 Å². The number of ether oxygens (including phenoxy) is 1. The van der Waals surface area contributed by atoms with E-state index in [-0.39, 0.29) is 0 Å². The number of allylic oxidation sites excluding steroid dienone is 1. The van der Waals surface area contributed by atoms with Crippen LogP contribution in [0.4, 0.5) is 0 Å². The molecule has 0 spiro atoms. The SMILES string of the molecule is CC(C)/C=C\OC=O. The second-order valence-electron chi connectivity index (χ2n) is 1.80. The van der Waals surface area contributed by atoms with Crippen LogP contribution in [0.15, 0.2) is 12.3 Å². The average molecular weight is 114 g/mol. The van der Waals surface area contributed by atoms with Gasteiger partial charge in [0.25, 0.3) is 6.47 Å². The van der Waals surface area contributed by atoms with Crippen LogP contribution in [0.3, 0.4) is 0 Å². The molecule has 2 heteroatoms. The van der Waals surface area contributed by atoms with Crippen molar-refractivity contribution in [2.75, 3.05) is 0 Å². The molecule has 0 radical (unpaired) electrons. The van der Waals surface area contributed by atoms with Crippen molar-refractivity contribution in [3.63, 3.8) is 0 Å². The lowest BCUT2D eigenvalue weighted by Crippen LogP contribution is -1.79. The first-order valence-corrected chi connectivity index (χ1v) is 2.53. The van der Waals surface area contributed by atoms with Crippen LogP contribution in [0, 0.1) is 5.92 Å². The van der Waals surface area contributed by atoms with E-state index in [2.05, 4.69) is 4.74 Å². The van der Waals surface area contributed by atoms with Crippen molar-refractivity contribution >= 4 is 6.47 Å². The Kier molecular flexibility index (Phi) is 3.94. The Morgan fingerprint density at radius 3 is 2.50 bits per heavy atom. The zero-order valence-corrected chi connectivity index (χ0v) is 5.13. The highest BCUT2D eigenvalue weighted by molar-refractivity contribution is 5.38. The number of carbonyl (C=O) groups is 1. The summed E-state index contributed by atoms with van der Waals surface area (Å²) in [6.07, 6.45) is 3.19. The minimum Gasteiger partial charge on any atom is -0.437 e. The number of hydrogen-bond acceptors (Lipinski definition) is 2. The van der Waals surface area contributed by atoms with E-state index < -0.39 is 0 Å². The lowest BCUT2D eigenvalue weighted by atomic mass is 10.2. The molecule has 0 aromatic heterocycles. The minimum absolute atomic E-state index is 0.402. The lowest BCUT2D eigenvalue weighted by Gasteiger charge is -1.89. The highest BCUT2D eigenvalue weighted by Gasteiger charge is 1.80. The molecule has 0 fully saturated rings. The van der Waals surface area contributed by atoms with Gasteiger partial charge in [0.2, 0.25) is 0 Å². The lowest BCUT2D eigenvalue weighted by molar-refractivity contribution is -0.123. The molecule has 0 saturated heterocycles. The van der Waals surface area contributed by atoms with E-state index in [0.29, 0.717) is 12.4 Å². The summed E-state index contributed by atoms with van der Waals surface area (Å²) in [6, 6.07) is 0. The smallest absolute Gasteiger partial charge is 0.297 e. The maximum atomic E-state index is 9.51. The molecule has 0 aromatic carbocycles. The summed E-state index contributed by atoms with van der Waals surface area (Å²) < 4.78 is 4.28. The van der Waals surface area contributed by atoms with E-state index >= 15 is 0 Å². The van der Waals surface area contributed by atoms with Gasteiger partial charge in [0.05, 0.1) is 6.26 Å². The van der Waals surface area contributed by atoms with Crippen LogP contribution in [-0.2, 0) is 9.53 Å². The van der Waals surface area contributed by atoms with Crippen molar-refractivity contribution in [1.82, 2.24) is 0 Å². The summed E-state index contributed by atoms with van der Waals surface area (Å²) in [5.74, 6) is 0.440. The quantitative estimate of drug-likeness (QED) is 0.408. The zero-order chi connectivity index (χ0) is 6.41. The third-order valence-electron chi connectivity index (χ3n) is 0.598. The third-order valence-corrected chi connectivity index (χ3v) is 0.598.